The summed E-state index contributed by atoms with van der Waals surface area (Å²) < 4.78 is 5.33. The van der Waals surface area contributed by atoms with E-state index in [0.29, 0.717) is 6.10 Å². The van der Waals surface area contributed by atoms with Gasteiger partial charge >= 0.3 is 0 Å². The van der Waals surface area contributed by atoms with Crippen LogP contribution in [-0.2, 0) is 9.53 Å². The van der Waals surface area contributed by atoms with Gasteiger partial charge in [-0.1, -0.05) is 6.08 Å². The van der Waals surface area contributed by atoms with E-state index in [9.17, 15) is 4.79 Å². The molecule has 2 N–H and O–H groups in total. The molecule has 1 heterocycles. The second-order valence-corrected chi connectivity index (χ2v) is 2.68. The molecule has 1 atom stereocenters. The van der Waals surface area contributed by atoms with E-state index in [1.807, 2.05) is 0 Å². The van der Waals surface area contributed by atoms with Gasteiger partial charge in [-0.15, -0.1) is 0 Å². The number of amides is 1. The van der Waals surface area contributed by atoms with E-state index in [4.69, 9.17) is 10.5 Å². The van der Waals surface area contributed by atoms with Crippen LogP contribution in [0, 0.1) is 0 Å². The van der Waals surface area contributed by atoms with Crippen molar-refractivity contribution in [1.82, 2.24) is 0 Å². The molecule has 0 aromatic rings. The summed E-state index contributed by atoms with van der Waals surface area (Å²) in [6.45, 7) is 0.856. The maximum atomic E-state index is 10.3. The largest absolute Gasteiger partial charge is 0.378 e. The Morgan fingerprint density at radius 3 is 3.09 bits per heavy atom. The zero-order valence-corrected chi connectivity index (χ0v) is 6.45. The Bertz CT molecular complexity index is 159. The van der Waals surface area contributed by atoms with E-state index in [1.54, 1.807) is 6.08 Å². The van der Waals surface area contributed by atoms with Crippen molar-refractivity contribution < 1.29 is 9.53 Å². The highest BCUT2D eigenvalue weighted by Crippen LogP contribution is 2.15. The Labute approximate surface area is 66.2 Å². The highest BCUT2D eigenvalue weighted by molar-refractivity contribution is 5.85. The number of carbonyl (C=O) groups excluding carboxylic acids is 1. The van der Waals surface area contributed by atoms with Gasteiger partial charge in [-0.3, -0.25) is 4.79 Å². The Hall–Kier alpha value is -0.830. The first kappa shape index (κ1) is 8.27. The fraction of sp³-hybridized carbons (Fsp3) is 0.625. The molecule has 3 heteroatoms. The Kier molecular flexibility index (Phi) is 3.11. The second-order valence-electron chi connectivity index (χ2n) is 2.68. The van der Waals surface area contributed by atoms with Crippen LogP contribution in [0.2, 0.25) is 0 Å². The number of primary amides is 1. The maximum absolute atomic E-state index is 10.3. The van der Waals surface area contributed by atoms with Gasteiger partial charge in [0.2, 0.25) is 5.91 Å². The lowest BCUT2D eigenvalue weighted by atomic mass is 10.2. The molecule has 0 aliphatic carbocycles. The summed E-state index contributed by atoms with van der Waals surface area (Å²) in [4.78, 5) is 10.3. The summed E-state index contributed by atoms with van der Waals surface area (Å²) >= 11 is 0. The summed E-state index contributed by atoms with van der Waals surface area (Å²) in [6.07, 6.45) is 6.52. The SMILES string of the molecule is NC(=O)C=CCC1CCCO1. The van der Waals surface area contributed by atoms with Crippen molar-refractivity contribution >= 4 is 5.91 Å². The quantitative estimate of drug-likeness (QED) is 0.607. The van der Waals surface area contributed by atoms with Gasteiger partial charge in [0.25, 0.3) is 0 Å². The molecule has 1 amide bonds. The van der Waals surface area contributed by atoms with Crippen molar-refractivity contribution in [2.24, 2.45) is 5.73 Å². The minimum absolute atomic E-state index is 0.311. The minimum Gasteiger partial charge on any atom is -0.378 e. The van der Waals surface area contributed by atoms with Crippen LogP contribution >= 0.6 is 0 Å². The number of rotatable bonds is 3. The fourth-order valence-electron chi connectivity index (χ4n) is 1.17. The zero-order valence-electron chi connectivity index (χ0n) is 6.45. The van der Waals surface area contributed by atoms with Crippen molar-refractivity contribution in [2.45, 2.75) is 25.4 Å². The molecule has 1 fully saturated rings. The van der Waals surface area contributed by atoms with Crippen molar-refractivity contribution in [1.29, 1.82) is 0 Å². The summed E-state index contributed by atoms with van der Waals surface area (Å²) in [5.74, 6) is -0.386. The van der Waals surface area contributed by atoms with Crippen LogP contribution in [0.5, 0.6) is 0 Å². The molecule has 62 valence electrons. The van der Waals surface area contributed by atoms with Crippen LogP contribution < -0.4 is 5.73 Å². The van der Waals surface area contributed by atoms with Gasteiger partial charge in [0.05, 0.1) is 6.10 Å². The van der Waals surface area contributed by atoms with E-state index >= 15 is 0 Å². The third kappa shape index (κ3) is 3.18. The monoisotopic (exact) mass is 155 g/mol. The van der Waals surface area contributed by atoms with Crippen molar-refractivity contribution in [3.8, 4) is 0 Å². The Balaban J connectivity index is 2.15. The van der Waals surface area contributed by atoms with Gasteiger partial charge in [-0.05, 0) is 25.3 Å². The van der Waals surface area contributed by atoms with E-state index < -0.39 is 0 Å². The van der Waals surface area contributed by atoms with Gasteiger partial charge < -0.3 is 10.5 Å². The summed E-state index contributed by atoms with van der Waals surface area (Å²) in [5.41, 5.74) is 4.91. The molecule has 0 bridgehead atoms. The van der Waals surface area contributed by atoms with Crippen LogP contribution in [0.25, 0.3) is 0 Å². The van der Waals surface area contributed by atoms with Gasteiger partial charge in [-0.25, -0.2) is 0 Å². The molecule has 0 saturated carbocycles. The number of hydrogen-bond donors (Lipinski definition) is 1. The molecular formula is C8H13NO2. The van der Waals surface area contributed by atoms with Crippen LogP contribution in [-0.4, -0.2) is 18.6 Å². The standard InChI is InChI=1S/C8H13NO2/c9-8(10)5-1-3-7-4-2-6-11-7/h1,5,7H,2-4,6H2,(H2,9,10). The van der Waals surface area contributed by atoms with Crippen LogP contribution in [0.1, 0.15) is 19.3 Å². The van der Waals surface area contributed by atoms with Crippen LogP contribution in [0.4, 0.5) is 0 Å². The predicted octanol–water partition coefficient (Wildman–Crippen LogP) is 0.597. The molecule has 0 aromatic heterocycles. The normalized spacial score (nSPS) is 24.5. The van der Waals surface area contributed by atoms with Gasteiger partial charge in [0.1, 0.15) is 0 Å². The summed E-state index contributed by atoms with van der Waals surface area (Å²) in [7, 11) is 0. The summed E-state index contributed by atoms with van der Waals surface area (Å²) in [5, 5.41) is 0. The van der Waals surface area contributed by atoms with Gasteiger partial charge in [0.15, 0.2) is 0 Å². The molecule has 1 aliphatic rings. The number of hydrogen-bond acceptors (Lipinski definition) is 2. The van der Waals surface area contributed by atoms with E-state index in [1.165, 1.54) is 6.08 Å². The first-order valence-electron chi connectivity index (χ1n) is 3.86. The van der Waals surface area contributed by atoms with Crippen molar-refractivity contribution in [3.05, 3.63) is 12.2 Å². The lowest BCUT2D eigenvalue weighted by Crippen LogP contribution is -2.07. The smallest absolute Gasteiger partial charge is 0.241 e. The lowest BCUT2D eigenvalue weighted by Gasteiger charge is -2.03. The highest BCUT2D eigenvalue weighted by Gasteiger charge is 2.12. The number of carbonyl (C=O) groups is 1. The average Bonchev–Trinajstić information content (AvgIpc) is 2.39. The first-order valence-corrected chi connectivity index (χ1v) is 3.86. The van der Waals surface area contributed by atoms with E-state index in [-0.39, 0.29) is 5.91 Å². The molecule has 0 spiro atoms. The van der Waals surface area contributed by atoms with Crippen molar-refractivity contribution in [2.75, 3.05) is 6.61 Å². The molecule has 0 radical (unpaired) electrons. The van der Waals surface area contributed by atoms with Crippen molar-refractivity contribution in [3.63, 3.8) is 0 Å². The average molecular weight is 155 g/mol. The molecule has 1 rings (SSSR count). The third-order valence-corrected chi connectivity index (χ3v) is 1.71. The van der Waals surface area contributed by atoms with E-state index in [2.05, 4.69) is 0 Å². The topological polar surface area (TPSA) is 52.3 Å². The highest BCUT2D eigenvalue weighted by atomic mass is 16.5. The van der Waals surface area contributed by atoms with E-state index in [0.717, 1.165) is 25.9 Å². The molecule has 3 nitrogen and oxygen atoms in total. The molecule has 0 aromatic carbocycles. The number of nitrogens with two attached hydrogens (primary N) is 1. The molecular weight excluding hydrogens is 142 g/mol. The third-order valence-electron chi connectivity index (χ3n) is 1.71. The Morgan fingerprint density at radius 2 is 2.55 bits per heavy atom. The lowest BCUT2D eigenvalue weighted by molar-refractivity contribution is -0.113. The van der Waals surface area contributed by atoms with Crippen LogP contribution in [0.3, 0.4) is 0 Å². The van der Waals surface area contributed by atoms with Gasteiger partial charge in [0, 0.05) is 6.61 Å². The number of ether oxygens (including phenoxy) is 1. The molecule has 1 aliphatic heterocycles. The second kappa shape index (κ2) is 4.13. The fourth-order valence-corrected chi connectivity index (χ4v) is 1.17. The zero-order chi connectivity index (χ0) is 8.10. The first-order chi connectivity index (χ1) is 5.29. The predicted molar refractivity (Wildman–Crippen MR) is 41.9 cm³/mol. The Morgan fingerprint density at radius 1 is 1.73 bits per heavy atom. The van der Waals surface area contributed by atoms with Gasteiger partial charge in [-0.2, -0.15) is 0 Å². The summed E-state index contributed by atoms with van der Waals surface area (Å²) in [6, 6.07) is 0. The minimum atomic E-state index is -0.386. The molecule has 1 unspecified atom stereocenters. The molecule has 11 heavy (non-hydrogen) atoms. The maximum Gasteiger partial charge on any atom is 0.241 e. The van der Waals surface area contributed by atoms with Crippen LogP contribution in [0.15, 0.2) is 12.2 Å². The molecule has 1 saturated heterocycles.